The summed E-state index contributed by atoms with van der Waals surface area (Å²) < 4.78 is 10.4. The highest BCUT2D eigenvalue weighted by Gasteiger charge is 2.08. The van der Waals surface area contributed by atoms with Crippen LogP contribution >= 0.6 is 0 Å². The molecular weight excluding hydrogens is 404 g/mol. The van der Waals surface area contributed by atoms with Crippen LogP contribution in [0.4, 0.5) is 10.5 Å². The molecular formula is C25H30N4O3. The number of aromatic nitrogens is 1. The first kappa shape index (κ1) is 23.2. The SMILES string of the molecule is COCCOc1ccc(NC(=O)NCc2ccccc2-c2ccc(CN(C)C)cc2)cn1. The quantitative estimate of drug-likeness (QED) is 0.469. The maximum absolute atomic E-state index is 12.4. The Hall–Kier alpha value is -3.42. The minimum Gasteiger partial charge on any atom is -0.475 e. The summed E-state index contributed by atoms with van der Waals surface area (Å²) in [5, 5.41) is 5.71. The molecule has 0 spiro atoms. The second-order valence-electron chi connectivity index (χ2n) is 7.63. The Balaban J connectivity index is 1.57. The van der Waals surface area contributed by atoms with Gasteiger partial charge in [0.2, 0.25) is 5.88 Å². The third-order valence-electron chi connectivity index (χ3n) is 4.75. The number of benzene rings is 2. The molecule has 0 atom stereocenters. The van der Waals surface area contributed by atoms with Gasteiger partial charge in [-0.2, -0.15) is 0 Å². The Kier molecular flexibility index (Phi) is 8.60. The number of methoxy groups -OCH3 is 1. The molecule has 7 heteroatoms. The van der Waals surface area contributed by atoms with Crippen molar-refractivity contribution in [3.05, 3.63) is 78.0 Å². The van der Waals surface area contributed by atoms with Gasteiger partial charge >= 0.3 is 6.03 Å². The molecule has 2 aromatic carbocycles. The van der Waals surface area contributed by atoms with Crippen LogP contribution in [0.1, 0.15) is 11.1 Å². The van der Waals surface area contributed by atoms with Crippen LogP contribution in [0.25, 0.3) is 11.1 Å². The Morgan fingerprint density at radius 3 is 2.47 bits per heavy atom. The fourth-order valence-electron chi connectivity index (χ4n) is 3.23. The summed E-state index contributed by atoms with van der Waals surface area (Å²) >= 11 is 0. The summed E-state index contributed by atoms with van der Waals surface area (Å²) in [6, 6.07) is 19.8. The molecule has 7 nitrogen and oxygen atoms in total. The third kappa shape index (κ3) is 7.08. The molecule has 0 saturated carbocycles. The fraction of sp³-hybridized carbons (Fsp3) is 0.280. The number of pyridine rings is 1. The minimum atomic E-state index is -0.295. The van der Waals surface area contributed by atoms with Crippen molar-refractivity contribution in [2.45, 2.75) is 13.1 Å². The predicted octanol–water partition coefficient (Wildman–Crippen LogP) is 4.16. The molecule has 0 bridgehead atoms. The molecule has 3 rings (SSSR count). The normalized spacial score (nSPS) is 10.8. The summed E-state index contributed by atoms with van der Waals surface area (Å²) in [6.07, 6.45) is 1.56. The standard InChI is InChI=1S/C25H30N4O3/c1-29(2)18-19-8-10-20(11-9-19)23-7-5-4-6-21(23)16-27-25(30)28-22-12-13-24(26-17-22)32-15-14-31-3/h4-13,17H,14-16,18H2,1-3H3,(H2,27,28,30). The lowest BCUT2D eigenvalue weighted by Crippen LogP contribution is -2.28. The lowest BCUT2D eigenvalue weighted by Gasteiger charge is -2.13. The van der Waals surface area contributed by atoms with Crippen molar-refractivity contribution in [1.29, 1.82) is 0 Å². The minimum absolute atomic E-state index is 0.295. The number of rotatable bonds is 10. The monoisotopic (exact) mass is 434 g/mol. The van der Waals surface area contributed by atoms with E-state index in [1.54, 1.807) is 25.4 Å². The van der Waals surface area contributed by atoms with Gasteiger partial charge in [0.1, 0.15) is 6.61 Å². The van der Waals surface area contributed by atoms with E-state index in [1.807, 2.05) is 18.2 Å². The molecule has 2 N–H and O–H groups in total. The highest BCUT2D eigenvalue weighted by molar-refractivity contribution is 5.89. The lowest BCUT2D eigenvalue weighted by atomic mass is 9.98. The van der Waals surface area contributed by atoms with Gasteiger partial charge in [0, 0.05) is 26.3 Å². The maximum Gasteiger partial charge on any atom is 0.319 e. The molecule has 0 fully saturated rings. The number of urea groups is 1. The van der Waals surface area contributed by atoms with Crippen LogP contribution in [0.5, 0.6) is 5.88 Å². The molecule has 0 aliphatic rings. The van der Waals surface area contributed by atoms with E-state index in [-0.39, 0.29) is 6.03 Å². The van der Waals surface area contributed by atoms with E-state index in [1.165, 1.54) is 5.56 Å². The maximum atomic E-state index is 12.4. The highest BCUT2D eigenvalue weighted by Crippen LogP contribution is 2.24. The average Bonchev–Trinajstić information content (AvgIpc) is 2.79. The zero-order valence-corrected chi connectivity index (χ0v) is 18.8. The summed E-state index contributed by atoms with van der Waals surface area (Å²) in [6.45, 7) is 2.23. The number of hydrogen-bond donors (Lipinski definition) is 2. The number of ether oxygens (including phenoxy) is 2. The summed E-state index contributed by atoms with van der Waals surface area (Å²) in [5.41, 5.74) is 5.12. The van der Waals surface area contributed by atoms with Crippen molar-refractivity contribution in [1.82, 2.24) is 15.2 Å². The van der Waals surface area contributed by atoms with Gasteiger partial charge in [0.05, 0.1) is 18.5 Å². The molecule has 0 aliphatic carbocycles. The topological polar surface area (TPSA) is 75.7 Å². The number of nitrogens with one attached hydrogen (secondary N) is 2. The van der Waals surface area contributed by atoms with Crippen LogP contribution in [-0.2, 0) is 17.8 Å². The molecule has 0 saturated heterocycles. The van der Waals surface area contributed by atoms with Crippen molar-refractivity contribution in [2.24, 2.45) is 0 Å². The van der Waals surface area contributed by atoms with Crippen LogP contribution in [0, 0.1) is 0 Å². The number of carbonyl (C=O) groups is 1. The predicted molar refractivity (Wildman–Crippen MR) is 127 cm³/mol. The average molecular weight is 435 g/mol. The van der Waals surface area contributed by atoms with Gasteiger partial charge < -0.3 is 25.0 Å². The van der Waals surface area contributed by atoms with Gasteiger partial charge in [-0.25, -0.2) is 9.78 Å². The van der Waals surface area contributed by atoms with Gasteiger partial charge in [-0.3, -0.25) is 0 Å². The Morgan fingerprint density at radius 2 is 1.78 bits per heavy atom. The van der Waals surface area contributed by atoms with Crippen molar-refractivity contribution in [3.63, 3.8) is 0 Å². The number of hydrogen-bond acceptors (Lipinski definition) is 5. The van der Waals surface area contributed by atoms with E-state index in [9.17, 15) is 4.79 Å². The van der Waals surface area contributed by atoms with Gasteiger partial charge in [-0.15, -0.1) is 0 Å². The van der Waals surface area contributed by atoms with E-state index in [0.29, 0.717) is 31.3 Å². The van der Waals surface area contributed by atoms with E-state index in [0.717, 1.165) is 23.2 Å². The van der Waals surface area contributed by atoms with E-state index < -0.39 is 0 Å². The van der Waals surface area contributed by atoms with Crippen molar-refractivity contribution < 1.29 is 14.3 Å². The molecule has 168 valence electrons. The molecule has 2 amide bonds. The van der Waals surface area contributed by atoms with Crippen molar-refractivity contribution in [3.8, 4) is 17.0 Å². The fourth-order valence-corrected chi connectivity index (χ4v) is 3.23. The van der Waals surface area contributed by atoms with Crippen molar-refractivity contribution >= 4 is 11.7 Å². The Labute approximate surface area is 189 Å². The van der Waals surface area contributed by atoms with Crippen LogP contribution in [0.3, 0.4) is 0 Å². The van der Waals surface area contributed by atoms with Gasteiger partial charge in [0.25, 0.3) is 0 Å². The first-order valence-corrected chi connectivity index (χ1v) is 10.5. The molecule has 1 heterocycles. The zero-order chi connectivity index (χ0) is 22.8. The molecule has 0 unspecified atom stereocenters. The third-order valence-corrected chi connectivity index (χ3v) is 4.75. The Bertz CT molecular complexity index is 989. The second kappa shape index (κ2) is 11.8. The first-order chi connectivity index (χ1) is 15.5. The lowest BCUT2D eigenvalue weighted by molar-refractivity contribution is 0.144. The highest BCUT2D eigenvalue weighted by atomic mass is 16.5. The van der Waals surface area contributed by atoms with E-state index in [4.69, 9.17) is 9.47 Å². The van der Waals surface area contributed by atoms with Gasteiger partial charge in [-0.1, -0.05) is 48.5 Å². The number of amides is 2. The van der Waals surface area contributed by atoms with Crippen LogP contribution in [0.15, 0.2) is 66.9 Å². The summed E-state index contributed by atoms with van der Waals surface area (Å²) in [7, 11) is 5.73. The number of anilines is 1. The van der Waals surface area contributed by atoms with Crippen molar-refractivity contribution in [2.75, 3.05) is 39.7 Å². The molecule has 0 aliphatic heterocycles. The van der Waals surface area contributed by atoms with E-state index >= 15 is 0 Å². The smallest absolute Gasteiger partial charge is 0.319 e. The molecule has 3 aromatic rings. The molecule has 0 radical (unpaired) electrons. The zero-order valence-electron chi connectivity index (χ0n) is 18.8. The molecule has 1 aromatic heterocycles. The van der Waals surface area contributed by atoms with E-state index in [2.05, 4.69) is 64.9 Å². The van der Waals surface area contributed by atoms with Crippen LogP contribution < -0.4 is 15.4 Å². The van der Waals surface area contributed by atoms with Crippen LogP contribution in [0.2, 0.25) is 0 Å². The summed E-state index contributed by atoms with van der Waals surface area (Å²) in [4.78, 5) is 18.7. The largest absolute Gasteiger partial charge is 0.475 e. The second-order valence-corrected chi connectivity index (χ2v) is 7.63. The number of nitrogens with zero attached hydrogens (tertiary/aromatic N) is 2. The Morgan fingerprint density at radius 1 is 1.00 bits per heavy atom. The number of carbonyl (C=O) groups excluding carboxylic acids is 1. The molecule has 32 heavy (non-hydrogen) atoms. The van der Waals surface area contributed by atoms with Gasteiger partial charge in [0.15, 0.2) is 0 Å². The van der Waals surface area contributed by atoms with Gasteiger partial charge in [-0.05, 0) is 42.4 Å². The van der Waals surface area contributed by atoms with Crippen LogP contribution in [-0.4, -0.2) is 50.3 Å². The first-order valence-electron chi connectivity index (χ1n) is 10.5. The summed E-state index contributed by atoms with van der Waals surface area (Å²) in [5.74, 6) is 0.485.